The quantitative estimate of drug-likeness (QED) is 0.715. The van der Waals surface area contributed by atoms with E-state index in [1.807, 2.05) is 11.8 Å². The number of thioether (sulfide) groups is 1. The Hall–Kier alpha value is -0.180. The van der Waals surface area contributed by atoms with Crippen LogP contribution >= 0.6 is 11.8 Å². The second-order valence-electron chi connectivity index (χ2n) is 3.79. The topological polar surface area (TPSA) is 37.3 Å². The Labute approximate surface area is 76.7 Å². The molecule has 0 bridgehead atoms. The van der Waals surface area contributed by atoms with Crippen molar-refractivity contribution in [3.63, 3.8) is 0 Å². The van der Waals surface area contributed by atoms with E-state index >= 15 is 0 Å². The summed E-state index contributed by atoms with van der Waals surface area (Å²) in [6.07, 6.45) is 3.45. The lowest BCUT2D eigenvalue weighted by Crippen LogP contribution is -2.14. The molecule has 1 aliphatic carbocycles. The molecule has 2 aliphatic rings. The Morgan fingerprint density at radius 2 is 2.00 bits per heavy atom. The van der Waals surface area contributed by atoms with E-state index in [1.54, 1.807) is 0 Å². The summed E-state index contributed by atoms with van der Waals surface area (Å²) in [6, 6.07) is 0. The summed E-state index contributed by atoms with van der Waals surface area (Å²) in [5.41, 5.74) is 0. The van der Waals surface area contributed by atoms with Crippen molar-refractivity contribution >= 4 is 17.7 Å². The number of hydrogen-bond acceptors (Lipinski definition) is 2. The fourth-order valence-corrected chi connectivity index (χ4v) is 3.31. The van der Waals surface area contributed by atoms with Crippen molar-refractivity contribution in [2.24, 2.45) is 17.8 Å². The van der Waals surface area contributed by atoms with Crippen LogP contribution in [0, 0.1) is 17.8 Å². The fourth-order valence-electron chi connectivity index (χ4n) is 2.16. The standard InChI is InChI=1S/C9H14O2S/c10-9(11)8-5-7(8)6-1-3-12-4-2-6/h6-8H,1-5H2,(H,10,11). The smallest absolute Gasteiger partial charge is 0.306 e. The van der Waals surface area contributed by atoms with E-state index in [0.717, 1.165) is 12.3 Å². The van der Waals surface area contributed by atoms with Crippen LogP contribution in [0.25, 0.3) is 0 Å². The van der Waals surface area contributed by atoms with Gasteiger partial charge in [0.25, 0.3) is 0 Å². The van der Waals surface area contributed by atoms with Crippen LogP contribution < -0.4 is 0 Å². The van der Waals surface area contributed by atoms with Crippen LogP contribution in [0.5, 0.6) is 0 Å². The first-order valence-corrected chi connectivity index (χ1v) is 5.75. The van der Waals surface area contributed by atoms with Crippen molar-refractivity contribution in [1.29, 1.82) is 0 Å². The lowest BCUT2D eigenvalue weighted by Gasteiger charge is -2.20. The van der Waals surface area contributed by atoms with Crippen molar-refractivity contribution in [3.8, 4) is 0 Å². The molecule has 3 heteroatoms. The number of rotatable bonds is 2. The number of carbonyl (C=O) groups is 1. The third-order valence-corrected chi connectivity index (χ3v) is 4.08. The first kappa shape index (κ1) is 8.42. The molecule has 68 valence electrons. The van der Waals surface area contributed by atoms with E-state index in [4.69, 9.17) is 5.11 Å². The van der Waals surface area contributed by atoms with E-state index in [2.05, 4.69) is 0 Å². The summed E-state index contributed by atoms with van der Waals surface area (Å²) in [7, 11) is 0. The SMILES string of the molecule is O=C(O)C1CC1C1CCSCC1. The summed E-state index contributed by atoms with van der Waals surface area (Å²) in [4.78, 5) is 10.6. The van der Waals surface area contributed by atoms with Gasteiger partial charge in [0.2, 0.25) is 0 Å². The first-order valence-electron chi connectivity index (χ1n) is 4.59. The van der Waals surface area contributed by atoms with Gasteiger partial charge in [0, 0.05) is 0 Å². The average molecular weight is 186 g/mol. The van der Waals surface area contributed by atoms with Crippen molar-refractivity contribution in [3.05, 3.63) is 0 Å². The van der Waals surface area contributed by atoms with Crippen LogP contribution in [-0.4, -0.2) is 22.6 Å². The predicted molar refractivity (Wildman–Crippen MR) is 49.3 cm³/mol. The highest BCUT2D eigenvalue weighted by Gasteiger charge is 2.47. The molecule has 2 atom stereocenters. The zero-order valence-corrected chi connectivity index (χ0v) is 7.85. The molecule has 0 aromatic rings. The summed E-state index contributed by atoms with van der Waals surface area (Å²) < 4.78 is 0. The second-order valence-corrected chi connectivity index (χ2v) is 5.02. The molecule has 1 saturated heterocycles. The van der Waals surface area contributed by atoms with E-state index in [1.165, 1.54) is 24.3 Å². The highest BCUT2D eigenvalue weighted by molar-refractivity contribution is 7.99. The molecule has 0 radical (unpaired) electrons. The molecule has 2 fully saturated rings. The molecule has 0 spiro atoms. The molecule has 2 nitrogen and oxygen atoms in total. The molecule has 12 heavy (non-hydrogen) atoms. The highest BCUT2D eigenvalue weighted by Crippen LogP contribution is 2.48. The summed E-state index contributed by atoms with van der Waals surface area (Å²) in [5, 5.41) is 8.75. The van der Waals surface area contributed by atoms with Crippen LogP contribution in [-0.2, 0) is 4.79 Å². The minimum atomic E-state index is -0.571. The summed E-state index contributed by atoms with van der Waals surface area (Å²) >= 11 is 2.01. The molecule has 1 saturated carbocycles. The number of carboxylic acid groups (broad SMARTS) is 1. The zero-order chi connectivity index (χ0) is 8.55. The molecular weight excluding hydrogens is 172 g/mol. The van der Waals surface area contributed by atoms with Crippen molar-refractivity contribution in [2.75, 3.05) is 11.5 Å². The normalized spacial score (nSPS) is 36.3. The Bertz CT molecular complexity index is 187. The summed E-state index contributed by atoms with van der Waals surface area (Å²) in [5.74, 6) is 3.19. The van der Waals surface area contributed by atoms with E-state index in [0.29, 0.717) is 5.92 Å². The Morgan fingerprint density at radius 1 is 1.33 bits per heavy atom. The van der Waals surface area contributed by atoms with Gasteiger partial charge in [-0.15, -0.1) is 0 Å². The van der Waals surface area contributed by atoms with Crippen molar-refractivity contribution in [1.82, 2.24) is 0 Å². The molecule has 0 amide bonds. The Morgan fingerprint density at radius 3 is 2.50 bits per heavy atom. The van der Waals surface area contributed by atoms with Crippen LogP contribution in [0.2, 0.25) is 0 Å². The van der Waals surface area contributed by atoms with Crippen LogP contribution in [0.1, 0.15) is 19.3 Å². The van der Waals surface area contributed by atoms with Gasteiger partial charge in [-0.05, 0) is 42.6 Å². The van der Waals surface area contributed by atoms with Gasteiger partial charge in [0.1, 0.15) is 0 Å². The lowest BCUT2D eigenvalue weighted by molar-refractivity contribution is -0.139. The van der Waals surface area contributed by atoms with Crippen molar-refractivity contribution in [2.45, 2.75) is 19.3 Å². The maximum atomic E-state index is 10.6. The van der Waals surface area contributed by atoms with Crippen LogP contribution in [0.15, 0.2) is 0 Å². The lowest BCUT2D eigenvalue weighted by atomic mass is 9.96. The molecule has 1 heterocycles. The molecule has 1 N–H and O–H groups in total. The van der Waals surface area contributed by atoms with Gasteiger partial charge in [-0.2, -0.15) is 11.8 Å². The zero-order valence-electron chi connectivity index (χ0n) is 7.03. The van der Waals surface area contributed by atoms with Gasteiger partial charge in [0.15, 0.2) is 0 Å². The Kier molecular flexibility index (Phi) is 2.31. The fraction of sp³-hybridized carbons (Fsp3) is 0.889. The minimum absolute atomic E-state index is 0.0121. The Balaban J connectivity index is 1.83. The summed E-state index contributed by atoms with van der Waals surface area (Å²) in [6.45, 7) is 0. The third kappa shape index (κ3) is 1.60. The van der Waals surface area contributed by atoms with Gasteiger partial charge in [-0.1, -0.05) is 0 Å². The largest absolute Gasteiger partial charge is 0.481 e. The van der Waals surface area contributed by atoms with E-state index < -0.39 is 5.97 Å². The number of carboxylic acids is 1. The minimum Gasteiger partial charge on any atom is -0.481 e. The van der Waals surface area contributed by atoms with Gasteiger partial charge in [0.05, 0.1) is 5.92 Å². The number of hydrogen-bond donors (Lipinski definition) is 1. The van der Waals surface area contributed by atoms with Gasteiger partial charge < -0.3 is 5.11 Å². The molecule has 0 aromatic carbocycles. The second kappa shape index (κ2) is 3.29. The van der Waals surface area contributed by atoms with Crippen LogP contribution in [0.4, 0.5) is 0 Å². The van der Waals surface area contributed by atoms with Crippen molar-refractivity contribution < 1.29 is 9.90 Å². The van der Waals surface area contributed by atoms with Gasteiger partial charge >= 0.3 is 5.97 Å². The molecule has 1 aliphatic heterocycles. The van der Waals surface area contributed by atoms with E-state index in [-0.39, 0.29) is 5.92 Å². The average Bonchev–Trinajstić information content (AvgIpc) is 2.84. The highest BCUT2D eigenvalue weighted by atomic mass is 32.2. The van der Waals surface area contributed by atoms with Gasteiger partial charge in [-0.3, -0.25) is 4.79 Å². The molecule has 2 rings (SSSR count). The van der Waals surface area contributed by atoms with E-state index in [9.17, 15) is 4.79 Å². The molecule has 0 aromatic heterocycles. The third-order valence-electron chi connectivity index (χ3n) is 3.03. The monoisotopic (exact) mass is 186 g/mol. The molecule has 2 unspecified atom stereocenters. The maximum Gasteiger partial charge on any atom is 0.306 e. The van der Waals surface area contributed by atoms with Gasteiger partial charge in [-0.25, -0.2) is 0 Å². The molecular formula is C9H14O2S. The van der Waals surface area contributed by atoms with Crippen LogP contribution in [0.3, 0.4) is 0 Å². The maximum absolute atomic E-state index is 10.6. The first-order chi connectivity index (χ1) is 5.79. The predicted octanol–water partition coefficient (Wildman–Crippen LogP) is 1.85. The number of aliphatic carboxylic acids is 1.